The molecule has 0 aliphatic carbocycles. The van der Waals surface area contributed by atoms with Gasteiger partial charge in [0.2, 0.25) is 5.91 Å². The Labute approximate surface area is 302 Å². The summed E-state index contributed by atoms with van der Waals surface area (Å²) in [5.41, 5.74) is 7.05. The van der Waals surface area contributed by atoms with Crippen LogP contribution in [0.2, 0.25) is 0 Å². The number of carbonyl (C=O) groups excluding carboxylic acids is 3. The van der Waals surface area contributed by atoms with Crippen molar-refractivity contribution < 1.29 is 49.8 Å². The molecule has 0 bridgehead atoms. The fourth-order valence-electron chi connectivity index (χ4n) is 6.04. The highest BCUT2D eigenvalue weighted by atomic mass is 32.2. The largest absolute Gasteiger partial charge is 0.491 e. The lowest BCUT2D eigenvalue weighted by molar-refractivity contribution is -0.199. The first-order valence-corrected chi connectivity index (χ1v) is 18.1. The number of amides is 2. The van der Waals surface area contributed by atoms with Gasteiger partial charge in [0.1, 0.15) is 11.9 Å². The molecule has 0 radical (unpaired) electrons. The van der Waals surface area contributed by atoms with Crippen molar-refractivity contribution >= 4 is 55.6 Å². The molecule has 17 heteroatoms. The van der Waals surface area contributed by atoms with Crippen molar-refractivity contribution in [2.45, 2.75) is 62.0 Å². The second kappa shape index (κ2) is 15.7. The molecule has 53 heavy (non-hydrogen) atoms. The maximum absolute atomic E-state index is 14.7. The molecule has 0 spiro atoms. The quantitative estimate of drug-likeness (QED) is 0.113. The van der Waals surface area contributed by atoms with Crippen molar-refractivity contribution in [1.29, 1.82) is 0 Å². The fourth-order valence-corrected chi connectivity index (χ4v) is 7.33. The fraction of sp³-hybridized carbons (Fsp3) is 0.333. The second-order valence-corrected chi connectivity index (χ2v) is 15.0. The van der Waals surface area contributed by atoms with Gasteiger partial charge in [-0.2, -0.15) is 13.2 Å². The molecular formula is C36H37F4N5O7S. The maximum atomic E-state index is 14.7. The number of halogens is 4. The third kappa shape index (κ3) is 8.62. The van der Waals surface area contributed by atoms with Gasteiger partial charge in [0.15, 0.2) is 28.0 Å². The van der Waals surface area contributed by atoms with Crippen LogP contribution in [0.3, 0.4) is 0 Å². The Bertz CT molecular complexity index is 2150. The summed E-state index contributed by atoms with van der Waals surface area (Å²) in [5, 5.41) is 6.12. The van der Waals surface area contributed by atoms with Gasteiger partial charge in [-0.05, 0) is 105 Å². The number of alkyl halides is 3. The van der Waals surface area contributed by atoms with Crippen molar-refractivity contribution in [3.05, 3.63) is 83.8 Å². The predicted octanol–water partition coefficient (Wildman–Crippen LogP) is 6.10. The van der Waals surface area contributed by atoms with Gasteiger partial charge in [-0.25, -0.2) is 22.6 Å². The summed E-state index contributed by atoms with van der Waals surface area (Å²) in [7, 11) is -3.97. The molecule has 3 aromatic carbocycles. The van der Waals surface area contributed by atoms with Crippen LogP contribution in [-0.2, 0) is 29.0 Å². The monoisotopic (exact) mass is 759 g/mol. The summed E-state index contributed by atoms with van der Waals surface area (Å²) in [6.45, 7) is 3.77. The lowest BCUT2D eigenvalue weighted by atomic mass is 10.0. The SMILES string of the molecule is CCOc1cc(C(Nc2ccc3c(N)nccc3c2)C(=O)N2CCCC2c2cc(NC(=O)COC(=O)C(F)(F)F)ccc2S(=O)(=O)C(C)C)ccc1F. The molecule has 1 fully saturated rings. The van der Waals surface area contributed by atoms with E-state index in [0.29, 0.717) is 35.3 Å². The number of nitrogens with one attached hydrogen (secondary N) is 2. The highest BCUT2D eigenvalue weighted by molar-refractivity contribution is 7.92. The summed E-state index contributed by atoms with van der Waals surface area (Å²) < 4.78 is 89.2. The molecule has 5 rings (SSSR count). The third-order valence-electron chi connectivity index (χ3n) is 8.62. The highest BCUT2D eigenvalue weighted by Crippen LogP contribution is 2.40. The van der Waals surface area contributed by atoms with Crippen molar-refractivity contribution in [1.82, 2.24) is 9.88 Å². The number of aromatic nitrogens is 1. The average Bonchev–Trinajstić information content (AvgIpc) is 3.60. The van der Waals surface area contributed by atoms with E-state index in [9.17, 15) is 40.4 Å². The second-order valence-electron chi connectivity index (χ2n) is 12.5. The number of esters is 1. The van der Waals surface area contributed by atoms with Crippen molar-refractivity contribution in [3.8, 4) is 5.75 Å². The number of nitrogens with two attached hydrogens (primary N) is 1. The van der Waals surface area contributed by atoms with Gasteiger partial charge in [0.25, 0.3) is 5.91 Å². The highest BCUT2D eigenvalue weighted by Gasteiger charge is 2.41. The van der Waals surface area contributed by atoms with Crippen LogP contribution in [0.25, 0.3) is 10.8 Å². The zero-order chi connectivity index (χ0) is 38.7. The number of hydrogen-bond acceptors (Lipinski definition) is 10. The molecule has 1 aliphatic rings. The summed E-state index contributed by atoms with van der Waals surface area (Å²) >= 11 is 0. The van der Waals surface area contributed by atoms with Crippen molar-refractivity contribution in [2.75, 3.05) is 36.1 Å². The molecule has 2 unspecified atom stereocenters. The van der Waals surface area contributed by atoms with Gasteiger partial charge in [-0.1, -0.05) is 6.07 Å². The molecule has 1 aliphatic heterocycles. The van der Waals surface area contributed by atoms with E-state index in [-0.39, 0.29) is 35.0 Å². The minimum absolute atomic E-state index is 0.00504. The number of benzene rings is 3. The molecule has 12 nitrogen and oxygen atoms in total. The van der Waals surface area contributed by atoms with Gasteiger partial charge in [-0.15, -0.1) is 0 Å². The zero-order valence-electron chi connectivity index (χ0n) is 28.9. The Morgan fingerprint density at radius 2 is 1.77 bits per heavy atom. The summed E-state index contributed by atoms with van der Waals surface area (Å²) in [5.74, 6) is -4.54. The standard InChI is InChI=1S/C36H37F4N5O7S/c1-4-51-29-17-22(7-11-27(29)37)32(44-23-8-10-25-21(16-23)13-14-42-33(25)41)34(47)45-15-5-6-28(45)26-18-24(9-12-30(26)53(49,50)20(2)3)43-31(46)19-52-35(48)36(38,39)40/h7-14,16-18,20,28,32,44H,4-6,15,19H2,1-3H3,(H2,41,42)(H,43,46). The number of rotatable bonds is 12. The molecule has 282 valence electrons. The molecule has 4 N–H and O–H groups in total. The summed E-state index contributed by atoms with van der Waals surface area (Å²) in [4.78, 5) is 43.8. The molecule has 2 amide bonds. The molecular weight excluding hydrogens is 722 g/mol. The van der Waals surface area contributed by atoms with E-state index in [1.807, 2.05) is 0 Å². The number of fused-ring (bicyclic) bond motifs is 1. The van der Waals surface area contributed by atoms with Crippen LogP contribution in [0.15, 0.2) is 71.8 Å². The first-order valence-electron chi connectivity index (χ1n) is 16.6. The minimum Gasteiger partial charge on any atom is -0.491 e. The lowest BCUT2D eigenvalue weighted by Crippen LogP contribution is -2.38. The van der Waals surface area contributed by atoms with E-state index in [1.165, 1.54) is 55.1 Å². The Morgan fingerprint density at radius 1 is 1.04 bits per heavy atom. The van der Waals surface area contributed by atoms with Crippen LogP contribution in [0.5, 0.6) is 5.75 Å². The van der Waals surface area contributed by atoms with Crippen molar-refractivity contribution in [2.24, 2.45) is 0 Å². The number of pyridine rings is 1. The van der Waals surface area contributed by atoms with Gasteiger partial charge in [0, 0.05) is 29.5 Å². The molecule has 4 aromatic rings. The van der Waals surface area contributed by atoms with Crippen LogP contribution in [0, 0.1) is 5.82 Å². The van der Waals surface area contributed by atoms with E-state index in [4.69, 9.17) is 10.5 Å². The Morgan fingerprint density at radius 3 is 2.47 bits per heavy atom. The van der Waals surface area contributed by atoms with E-state index < -0.39 is 63.6 Å². The smallest absolute Gasteiger partial charge is 0.490 e. The predicted molar refractivity (Wildman–Crippen MR) is 188 cm³/mol. The number of nitrogen functional groups attached to an aromatic ring is 1. The Kier molecular flexibility index (Phi) is 11.5. The number of likely N-dealkylation sites (tertiary alicyclic amines) is 1. The first-order chi connectivity index (χ1) is 25.0. The normalized spacial score (nSPS) is 15.3. The van der Waals surface area contributed by atoms with Crippen LogP contribution in [0.4, 0.5) is 34.8 Å². The molecule has 0 saturated carbocycles. The third-order valence-corrected chi connectivity index (χ3v) is 10.8. The minimum atomic E-state index is -5.30. The Balaban J connectivity index is 1.54. The zero-order valence-corrected chi connectivity index (χ0v) is 29.7. The first kappa shape index (κ1) is 38.8. The van der Waals surface area contributed by atoms with E-state index >= 15 is 0 Å². The number of carbonyl (C=O) groups is 3. The summed E-state index contributed by atoms with van der Waals surface area (Å²) in [6, 6.07) is 12.9. The topological polar surface area (TPSA) is 170 Å². The molecule has 2 atom stereocenters. The molecule has 1 aromatic heterocycles. The number of ether oxygens (including phenoxy) is 2. The number of nitrogens with zero attached hydrogens (tertiary/aromatic N) is 2. The lowest BCUT2D eigenvalue weighted by Gasteiger charge is -2.32. The Hall–Kier alpha value is -5.45. The number of hydrogen-bond donors (Lipinski definition) is 3. The van der Waals surface area contributed by atoms with E-state index in [2.05, 4.69) is 20.4 Å². The van der Waals surface area contributed by atoms with Gasteiger partial charge in [0.05, 0.1) is 22.8 Å². The summed E-state index contributed by atoms with van der Waals surface area (Å²) in [6.07, 6.45) is -2.98. The molecule has 1 saturated heterocycles. The maximum Gasteiger partial charge on any atom is 0.490 e. The van der Waals surface area contributed by atoms with Gasteiger partial charge in [-0.3, -0.25) is 9.59 Å². The van der Waals surface area contributed by atoms with E-state index in [0.717, 1.165) is 5.39 Å². The van der Waals surface area contributed by atoms with Crippen LogP contribution in [0.1, 0.15) is 56.8 Å². The average molecular weight is 760 g/mol. The number of anilines is 3. The van der Waals surface area contributed by atoms with Crippen molar-refractivity contribution in [3.63, 3.8) is 0 Å². The number of sulfone groups is 1. The van der Waals surface area contributed by atoms with Gasteiger partial charge < -0.3 is 30.7 Å². The van der Waals surface area contributed by atoms with Crippen LogP contribution in [-0.4, -0.2) is 67.3 Å². The van der Waals surface area contributed by atoms with Crippen LogP contribution < -0.4 is 21.1 Å². The van der Waals surface area contributed by atoms with Gasteiger partial charge >= 0.3 is 12.1 Å². The van der Waals surface area contributed by atoms with Crippen LogP contribution >= 0.6 is 0 Å². The van der Waals surface area contributed by atoms with E-state index in [1.54, 1.807) is 37.4 Å². The molecule has 2 heterocycles.